The third kappa shape index (κ3) is 5.35. The Morgan fingerprint density at radius 1 is 1.25 bits per heavy atom. The summed E-state index contributed by atoms with van der Waals surface area (Å²) in [4.78, 5) is 16.8. The van der Waals surface area contributed by atoms with Gasteiger partial charge in [-0.3, -0.25) is 9.69 Å². The van der Waals surface area contributed by atoms with Crippen molar-refractivity contribution in [1.82, 2.24) is 9.80 Å². The minimum Gasteiger partial charge on any atom is -0.373 e. The number of hydrogen-bond donors (Lipinski definition) is 0. The molecule has 28 heavy (non-hydrogen) atoms. The quantitative estimate of drug-likeness (QED) is 0.726. The predicted molar refractivity (Wildman–Crippen MR) is 102 cm³/mol. The second-order valence-electron chi connectivity index (χ2n) is 7.76. The molecule has 0 spiro atoms. The SMILES string of the molecule is C[C@@H]1CN(C[C@@H]2CCCN2C(=O)/C=C/c2cccc(C(F)(F)F)c2)C[C@H](C)O1. The number of hydrogen-bond acceptors (Lipinski definition) is 3. The second kappa shape index (κ2) is 8.66. The molecular formula is C21H27F3N2O2. The highest BCUT2D eigenvalue weighted by Gasteiger charge is 2.32. The molecule has 1 amide bonds. The van der Waals surface area contributed by atoms with Crippen LogP contribution < -0.4 is 0 Å². The molecule has 2 heterocycles. The van der Waals surface area contributed by atoms with Gasteiger partial charge in [-0.05, 0) is 50.5 Å². The van der Waals surface area contributed by atoms with Gasteiger partial charge < -0.3 is 9.64 Å². The maximum absolute atomic E-state index is 12.8. The van der Waals surface area contributed by atoms with Crippen LogP contribution >= 0.6 is 0 Å². The van der Waals surface area contributed by atoms with E-state index in [1.54, 1.807) is 6.07 Å². The number of carbonyl (C=O) groups excluding carboxylic acids is 1. The highest BCUT2D eigenvalue weighted by Crippen LogP contribution is 2.30. The van der Waals surface area contributed by atoms with E-state index in [-0.39, 0.29) is 24.2 Å². The fourth-order valence-corrected chi connectivity index (χ4v) is 4.13. The first kappa shape index (κ1) is 20.9. The molecular weight excluding hydrogens is 369 g/mol. The second-order valence-corrected chi connectivity index (χ2v) is 7.76. The number of ether oxygens (including phenoxy) is 1. The molecule has 2 saturated heterocycles. The number of alkyl halides is 3. The summed E-state index contributed by atoms with van der Waals surface area (Å²) in [6.07, 6.45) is 0.710. The van der Waals surface area contributed by atoms with Gasteiger partial charge in [0.15, 0.2) is 0 Å². The van der Waals surface area contributed by atoms with E-state index in [0.29, 0.717) is 12.1 Å². The van der Waals surface area contributed by atoms with Crippen LogP contribution in [0.3, 0.4) is 0 Å². The number of halogens is 3. The Kier molecular flexibility index (Phi) is 6.45. The molecule has 2 aliphatic heterocycles. The number of nitrogens with zero attached hydrogens (tertiary/aromatic N) is 2. The first-order chi connectivity index (χ1) is 13.2. The smallest absolute Gasteiger partial charge is 0.373 e. The van der Waals surface area contributed by atoms with Crippen molar-refractivity contribution in [2.45, 2.75) is 51.1 Å². The van der Waals surface area contributed by atoms with Gasteiger partial charge in [-0.15, -0.1) is 0 Å². The average Bonchev–Trinajstić information content (AvgIpc) is 3.06. The maximum atomic E-state index is 12.8. The van der Waals surface area contributed by atoms with Gasteiger partial charge in [0.05, 0.1) is 17.8 Å². The number of carbonyl (C=O) groups is 1. The molecule has 3 rings (SSSR count). The summed E-state index contributed by atoms with van der Waals surface area (Å²) in [7, 11) is 0. The zero-order chi connectivity index (χ0) is 20.3. The third-order valence-electron chi connectivity index (χ3n) is 5.26. The molecule has 0 saturated carbocycles. The lowest BCUT2D eigenvalue weighted by atomic mass is 10.1. The van der Waals surface area contributed by atoms with Crippen molar-refractivity contribution in [2.75, 3.05) is 26.2 Å². The van der Waals surface area contributed by atoms with Gasteiger partial charge in [0.1, 0.15) is 0 Å². The summed E-state index contributed by atoms with van der Waals surface area (Å²) < 4.78 is 44.2. The molecule has 4 nitrogen and oxygen atoms in total. The molecule has 154 valence electrons. The standard InChI is InChI=1S/C21H27F3N2O2/c1-15-12-25(13-16(2)28-15)14-19-7-4-10-26(19)20(27)9-8-17-5-3-6-18(11-17)21(22,23)24/h3,5-6,8-9,11,15-16,19H,4,7,10,12-14H2,1-2H3/b9-8+/t15-,16+,19-/m0/s1. The number of rotatable bonds is 4. The highest BCUT2D eigenvalue weighted by molar-refractivity contribution is 5.92. The van der Waals surface area contributed by atoms with Crippen molar-refractivity contribution < 1.29 is 22.7 Å². The van der Waals surface area contributed by atoms with E-state index in [1.165, 1.54) is 18.2 Å². The monoisotopic (exact) mass is 396 g/mol. The molecule has 1 aromatic carbocycles. The molecule has 0 bridgehead atoms. The summed E-state index contributed by atoms with van der Waals surface area (Å²) in [5.41, 5.74) is -0.341. The Morgan fingerprint density at radius 2 is 1.96 bits per heavy atom. The lowest BCUT2D eigenvalue weighted by Gasteiger charge is -2.38. The van der Waals surface area contributed by atoms with Crippen LogP contribution in [-0.2, 0) is 15.7 Å². The van der Waals surface area contributed by atoms with Gasteiger partial charge in [-0.2, -0.15) is 13.2 Å². The lowest BCUT2D eigenvalue weighted by Crippen LogP contribution is -2.50. The van der Waals surface area contributed by atoms with E-state index in [2.05, 4.69) is 18.7 Å². The van der Waals surface area contributed by atoms with E-state index in [1.807, 2.05) is 4.90 Å². The lowest BCUT2D eigenvalue weighted by molar-refractivity contribution is -0.137. The van der Waals surface area contributed by atoms with E-state index < -0.39 is 11.7 Å². The zero-order valence-electron chi connectivity index (χ0n) is 16.3. The van der Waals surface area contributed by atoms with E-state index >= 15 is 0 Å². The topological polar surface area (TPSA) is 32.8 Å². The summed E-state index contributed by atoms with van der Waals surface area (Å²) in [6.45, 7) is 7.30. The van der Waals surface area contributed by atoms with Crippen LogP contribution in [0, 0.1) is 0 Å². The molecule has 0 aromatic heterocycles. The van der Waals surface area contributed by atoms with Crippen LogP contribution in [0.25, 0.3) is 6.08 Å². The number of amides is 1. The van der Waals surface area contributed by atoms with Crippen molar-refractivity contribution in [3.8, 4) is 0 Å². The van der Waals surface area contributed by atoms with E-state index in [9.17, 15) is 18.0 Å². The van der Waals surface area contributed by atoms with Crippen molar-refractivity contribution >= 4 is 12.0 Å². The molecule has 2 fully saturated rings. The van der Waals surface area contributed by atoms with Gasteiger partial charge in [-0.1, -0.05) is 12.1 Å². The minimum absolute atomic E-state index is 0.135. The Balaban J connectivity index is 1.62. The highest BCUT2D eigenvalue weighted by atomic mass is 19.4. The number of likely N-dealkylation sites (tertiary alicyclic amines) is 1. The minimum atomic E-state index is -4.39. The normalized spacial score (nSPS) is 26.9. The molecule has 0 unspecified atom stereocenters. The first-order valence-electron chi connectivity index (χ1n) is 9.76. The molecule has 3 atom stereocenters. The zero-order valence-corrected chi connectivity index (χ0v) is 16.3. The van der Waals surface area contributed by atoms with Crippen molar-refractivity contribution in [1.29, 1.82) is 0 Å². The third-order valence-corrected chi connectivity index (χ3v) is 5.26. The molecule has 7 heteroatoms. The van der Waals surface area contributed by atoms with Crippen molar-refractivity contribution in [3.05, 3.63) is 41.5 Å². The maximum Gasteiger partial charge on any atom is 0.416 e. The van der Waals surface area contributed by atoms with Crippen LogP contribution in [0.15, 0.2) is 30.3 Å². The Morgan fingerprint density at radius 3 is 2.64 bits per heavy atom. The molecule has 0 N–H and O–H groups in total. The van der Waals surface area contributed by atoms with Crippen LogP contribution in [0.5, 0.6) is 0 Å². The molecule has 0 aliphatic carbocycles. The fourth-order valence-electron chi connectivity index (χ4n) is 4.13. The Bertz CT molecular complexity index is 710. The molecule has 1 aromatic rings. The summed E-state index contributed by atoms with van der Waals surface area (Å²) >= 11 is 0. The summed E-state index contributed by atoms with van der Waals surface area (Å²) in [5.74, 6) is -0.144. The van der Waals surface area contributed by atoms with E-state index in [0.717, 1.165) is 44.6 Å². The largest absolute Gasteiger partial charge is 0.416 e. The Hall–Kier alpha value is -1.86. The van der Waals surface area contributed by atoms with Crippen LogP contribution in [0.4, 0.5) is 13.2 Å². The number of benzene rings is 1. The molecule has 2 aliphatic rings. The average molecular weight is 396 g/mol. The van der Waals surface area contributed by atoms with Gasteiger partial charge in [0.25, 0.3) is 0 Å². The van der Waals surface area contributed by atoms with Gasteiger partial charge in [0, 0.05) is 38.3 Å². The van der Waals surface area contributed by atoms with E-state index in [4.69, 9.17) is 4.74 Å². The van der Waals surface area contributed by atoms with Crippen molar-refractivity contribution in [3.63, 3.8) is 0 Å². The summed E-state index contributed by atoms with van der Waals surface area (Å²) in [6, 6.07) is 5.14. The van der Waals surface area contributed by atoms with Crippen molar-refractivity contribution in [2.24, 2.45) is 0 Å². The predicted octanol–water partition coefficient (Wildman–Crippen LogP) is 3.82. The van der Waals surface area contributed by atoms with Crippen LogP contribution in [0.2, 0.25) is 0 Å². The van der Waals surface area contributed by atoms with Crippen LogP contribution in [-0.4, -0.2) is 60.1 Å². The Labute approximate surface area is 163 Å². The van der Waals surface area contributed by atoms with Gasteiger partial charge in [-0.25, -0.2) is 0 Å². The van der Waals surface area contributed by atoms with Gasteiger partial charge >= 0.3 is 6.18 Å². The fraction of sp³-hybridized carbons (Fsp3) is 0.571. The first-order valence-corrected chi connectivity index (χ1v) is 9.76. The summed E-state index contributed by atoms with van der Waals surface area (Å²) in [5, 5.41) is 0. The van der Waals surface area contributed by atoms with Gasteiger partial charge in [0.2, 0.25) is 5.91 Å². The van der Waals surface area contributed by atoms with Crippen LogP contribution in [0.1, 0.15) is 37.8 Å². The number of morpholine rings is 1. The molecule has 0 radical (unpaired) electrons.